The number of furan rings is 1. The molecule has 6 aromatic rings. The van der Waals surface area contributed by atoms with Gasteiger partial charge in [-0.15, -0.1) is 11.3 Å². The Hall–Kier alpha value is -7.07. The summed E-state index contributed by atoms with van der Waals surface area (Å²) in [5, 5.41) is 26.8. The van der Waals surface area contributed by atoms with Crippen molar-refractivity contribution in [3.8, 4) is 28.0 Å². The number of hydrogen-bond donors (Lipinski definition) is 3. The highest BCUT2D eigenvalue weighted by molar-refractivity contribution is 7.13. The molecule has 3 N–H and O–H groups in total. The minimum absolute atomic E-state index is 0.0108. The van der Waals surface area contributed by atoms with Crippen molar-refractivity contribution in [1.82, 2.24) is 30.5 Å². The molecular weight excluding hydrogens is 984 g/mol. The van der Waals surface area contributed by atoms with Crippen molar-refractivity contribution in [3.05, 3.63) is 118 Å². The van der Waals surface area contributed by atoms with E-state index in [9.17, 15) is 29.5 Å². The molecule has 17 nitrogen and oxygen atoms in total. The number of benzene rings is 3. The zero-order valence-electron chi connectivity index (χ0n) is 42.6. The molecule has 2 aliphatic heterocycles. The highest BCUT2D eigenvalue weighted by Gasteiger charge is 2.66. The van der Waals surface area contributed by atoms with E-state index in [-0.39, 0.29) is 42.5 Å². The van der Waals surface area contributed by atoms with Crippen LogP contribution in [0, 0.1) is 34.5 Å². The highest BCUT2D eigenvalue weighted by atomic mass is 35.5. The van der Waals surface area contributed by atoms with Crippen LogP contribution in [-0.4, -0.2) is 105 Å². The number of hydrogen-bond acceptors (Lipinski definition) is 15. The van der Waals surface area contributed by atoms with E-state index in [1.165, 1.54) is 17.3 Å². The van der Waals surface area contributed by atoms with Crippen LogP contribution in [-0.2, 0) is 14.3 Å². The number of amides is 3. The number of aromatic nitrogens is 3. The number of carbonyl (C=O) groups excluding carboxylic acids is 4. The fraction of sp³-hybridized carbons (Fsp3) is 0.418. The Labute approximate surface area is 438 Å². The van der Waals surface area contributed by atoms with Crippen molar-refractivity contribution in [2.24, 2.45) is 16.2 Å². The number of nitrogens with zero attached hydrogens (tertiary/aromatic N) is 6. The van der Waals surface area contributed by atoms with Gasteiger partial charge in [0, 0.05) is 53.7 Å². The summed E-state index contributed by atoms with van der Waals surface area (Å²) in [4.78, 5) is 72.9. The van der Waals surface area contributed by atoms with Gasteiger partial charge in [-0.05, 0) is 60.7 Å². The number of aliphatic hydroxyl groups excluding tert-OH is 1. The van der Waals surface area contributed by atoms with Crippen molar-refractivity contribution < 1.29 is 42.9 Å². The first-order chi connectivity index (χ1) is 35.0. The van der Waals surface area contributed by atoms with Gasteiger partial charge in [0.2, 0.25) is 17.8 Å². The van der Waals surface area contributed by atoms with Gasteiger partial charge in [-0.2, -0.15) is 5.26 Å². The van der Waals surface area contributed by atoms with E-state index >= 15 is 0 Å². The highest BCUT2D eigenvalue weighted by Crippen LogP contribution is 2.57. The van der Waals surface area contributed by atoms with Crippen LogP contribution >= 0.6 is 22.9 Å². The predicted molar refractivity (Wildman–Crippen MR) is 278 cm³/mol. The lowest BCUT2D eigenvalue weighted by Gasteiger charge is -2.61. The molecule has 3 aromatic carbocycles. The number of likely N-dealkylation sites (tertiary alicyclic amines) is 1. The Morgan fingerprint density at radius 1 is 0.905 bits per heavy atom. The van der Waals surface area contributed by atoms with E-state index in [0.29, 0.717) is 52.1 Å². The van der Waals surface area contributed by atoms with Crippen LogP contribution in [0.25, 0.3) is 21.4 Å². The second-order valence-electron chi connectivity index (χ2n) is 21.7. The Morgan fingerprint density at radius 3 is 2.22 bits per heavy atom. The summed E-state index contributed by atoms with van der Waals surface area (Å²) >= 11 is 7.81. The third-order valence-electron chi connectivity index (χ3n) is 14.3. The summed E-state index contributed by atoms with van der Waals surface area (Å²) in [6.07, 6.45) is 1.03. The fourth-order valence-corrected chi connectivity index (χ4v) is 11.6. The largest absolute Gasteiger partial charge is 0.489 e. The standard InChI is InChI=1S/C55H59ClN8O9S/c1-29(31-10-12-32(13-11-31)44-30(2)60-28-74-44)61-46(66)41-19-36(65)25-64(41)48(68)45(53(3,4)5)62-47(67)43-18-33-14-16-38(21-42(33)72-43)70-39-26-63(27-39)52-58-23-35(24-59-52)49(69)73-51-54(6,7)50(55(51,8)9)71-37-17-15-34(22-57)40(56)20-37/h10-18,20-21,23-24,28-29,36,39,41,45,50-51,65H,19,25-27H2,1-9H3,(H,61,66)(H,62,67)/t29-,36+,41-,45+,50?,51?/m0/s1. The summed E-state index contributed by atoms with van der Waals surface area (Å²) in [6, 6.07) is 19.3. The number of fused-ring (bicyclic) bond motifs is 1. The average molecular weight is 1040 g/mol. The van der Waals surface area contributed by atoms with Gasteiger partial charge in [-0.25, -0.2) is 19.7 Å². The molecule has 2 saturated heterocycles. The van der Waals surface area contributed by atoms with Crippen molar-refractivity contribution in [3.63, 3.8) is 0 Å². The molecule has 0 bridgehead atoms. The number of nitriles is 1. The zero-order chi connectivity index (χ0) is 53.0. The number of esters is 1. The minimum atomic E-state index is -1.07. The topological polar surface area (TPSA) is 222 Å². The average Bonchev–Trinajstić information content (AvgIpc) is 4.10. The third kappa shape index (κ3) is 10.2. The molecule has 3 amide bonds. The predicted octanol–water partition coefficient (Wildman–Crippen LogP) is 8.47. The Balaban J connectivity index is 0.771. The molecule has 0 radical (unpaired) electrons. The smallest absolute Gasteiger partial charge is 0.341 e. The molecule has 0 spiro atoms. The number of nitrogens with one attached hydrogen (secondary N) is 2. The first-order valence-corrected chi connectivity index (χ1v) is 25.7. The molecule has 0 unspecified atom stereocenters. The van der Waals surface area contributed by atoms with Crippen molar-refractivity contribution >= 4 is 63.5 Å². The lowest BCUT2D eigenvalue weighted by molar-refractivity contribution is -0.236. The molecular formula is C55H59ClN8O9S. The number of thiazole rings is 1. The van der Waals surface area contributed by atoms with Gasteiger partial charge in [-0.1, -0.05) is 84.3 Å². The van der Waals surface area contributed by atoms with Crippen LogP contribution in [0.3, 0.4) is 0 Å². The van der Waals surface area contributed by atoms with E-state index < -0.39 is 64.2 Å². The Kier molecular flexibility index (Phi) is 14.0. The van der Waals surface area contributed by atoms with Gasteiger partial charge in [0.25, 0.3) is 5.91 Å². The zero-order valence-corrected chi connectivity index (χ0v) is 44.2. The maximum atomic E-state index is 14.3. The second-order valence-corrected chi connectivity index (χ2v) is 23.0. The van der Waals surface area contributed by atoms with Gasteiger partial charge in [-0.3, -0.25) is 14.4 Å². The maximum Gasteiger partial charge on any atom is 0.341 e. The number of rotatable bonds is 14. The first-order valence-electron chi connectivity index (χ1n) is 24.5. The van der Waals surface area contributed by atoms with Crippen LogP contribution in [0.5, 0.6) is 11.5 Å². The molecule has 3 aromatic heterocycles. The van der Waals surface area contributed by atoms with Gasteiger partial charge < -0.3 is 44.2 Å². The maximum absolute atomic E-state index is 14.3. The van der Waals surface area contributed by atoms with Gasteiger partial charge in [0.15, 0.2) is 5.76 Å². The molecule has 3 aliphatic rings. The van der Waals surface area contributed by atoms with E-state index in [0.717, 1.165) is 21.7 Å². The van der Waals surface area contributed by atoms with Crippen LogP contribution in [0.4, 0.5) is 5.95 Å². The van der Waals surface area contributed by atoms with Crippen LogP contribution in [0.1, 0.15) is 106 Å². The summed E-state index contributed by atoms with van der Waals surface area (Å²) in [5.74, 6) is -0.581. The van der Waals surface area contributed by atoms with Gasteiger partial charge >= 0.3 is 5.97 Å². The number of carbonyl (C=O) groups is 4. The molecule has 5 heterocycles. The van der Waals surface area contributed by atoms with Crippen molar-refractivity contribution in [2.75, 3.05) is 24.5 Å². The number of β-amino-alcohol motifs (C(OH)–C–C–N with tert-alkyl or cyclic N) is 1. The SMILES string of the molecule is Cc1ncsc1-c1ccc([C@H](C)NC(=O)[C@@H]2C[C@@H](O)CN2C(=O)[C@@H](NC(=O)c2cc3ccc(OC4CN(c5ncc(C(=O)OC6C(C)(C)C(Oc7ccc(C#N)c(Cl)c7)C6(C)C)cn5)C4)cc3o2)C(C)(C)C)cc1. The molecule has 1 aliphatic carbocycles. The quantitative estimate of drug-likeness (QED) is 0.0871. The summed E-state index contributed by atoms with van der Waals surface area (Å²) in [7, 11) is 0. The summed E-state index contributed by atoms with van der Waals surface area (Å²) < 4.78 is 24.6. The number of anilines is 1. The van der Waals surface area contributed by atoms with Gasteiger partial charge in [0.1, 0.15) is 53.5 Å². The molecule has 1 saturated carbocycles. The van der Waals surface area contributed by atoms with Crippen LogP contribution < -0.4 is 25.0 Å². The number of halogens is 1. The Morgan fingerprint density at radius 2 is 1.58 bits per heavy atom. The Bertz CT molecular complexity index is 3140. The number of aliphatic hydroxyl groups is 1. The fourth-order valence-electron chi connectivity index (χ4n) is 10.5. The second kappa shape index (κ2) is 20.0. The summed E-state index contributed by atoms with van der Waals surface area (Å²) in [5.41, 5.74) is 3.77. The van der Waals surface area contributed by atoms with E-state index in [1.54, 1.807) is 53.8 Å². The van der Waals surface area contributed by atoms with E-state index in [2.05, 4.69) is 25.6 Å². The molecule has 386 valence electrons. The molecule has 9 rings (SSSR count). The molecule has 19 heteroatoms. The lowest BCUT2D eigenvalue weighted by atomic mass is 9.51. The normalized spacial score (nSPS) is 20.9. The monoisotopic (exact) mass is 1040 g/mol. The molecule has 74 heavy (non-hydrogen) atoms. The van der Waals surface area contributed by atoms with E-state index in [4.69, 9.17) is 30.2 Å². The summed E-state index contributed by atoms with van der Waals surface area (Å²) in [6.45, 7) is 18.1. The molecule has 4 atom stereocenters. The number of ether oxygens (including phenoxy) is 3. The number of aryl methyl sites for hydroxylation is 1. The van der Waals surface area contributed by atoms with Crippen molar-refractivity contribution in [1.29, 1.82) is 5.26 Å². The van der Waals surface area contributed by atoms with Gasteiger partial charge in [0.05, 0.1) is 57.5 Å². The first kappa shape index (κ1) is 51.8. The lowest BCUT2D eigenvalue weighted by Crippen LogP contribution is -2.70. The van der Waals surface area contributed by atoms with Crippen LogP contribution in [0.2, 0.25) is 5.02 Å². The van der Waals surface area contributed by atoms with Crippen molar-refractivity contribution in [2.45, 2.75) is 111 Å². The third-order valence-corrected chi connectivity index (χ3v) is 15.6. The minimum Gasteiger partial charge on any atom is -0.489 e. The molecule has 3 fully saturated rings. The van der Waals surface area contributed by atoms with Crippen LogP contribution in [0.15, 0.2) is 89.1 Å². The van der Waals surface area contributed by atoms with E-state index in [1.807, 2.05) is 103 Å².